The van der Waals surface area contributed by atoms with E-state index in [1.807, 2.05) is 4.90 Å². The minimum Gasteiger partial charge on any atom is -0.353 e. The lowest BCUT2D eigenvalue weighted by atomic mass is 10.2. The number of fused-ring (bicyclic) bond motifs is 1. The van der Waals surface area contributed by atoms with Gasteiger partial charge in [-0.05, 0) is 36.4 Å². The number of carbonyl (C=O) groups is 1. The number of rotatable bonds is 2. The van der Waals surface area contributed by atoms with Gasteiger partial charge in [0.25, 0.3) is 5.91 Å². The normalized spacial score (nSPS) is 15.4. The van der Waals surface area contributed by atoms with Gasteiger partial charge in [0.15, 0.2) is 0 Å². The molecular formula is C18H19N5OS. The number of pyridine rings is 1. The lowest BCUT2D eigenvalue weighted by Gasteiger charge is -2.23. The van der Waals surface area contributed by atoms with E-state index in [2.05, 4.69) is 32.2 Å². The lowest BCUT2D eigenvalue weighted by molar-refractivity contribution is 0.0767. The highest BCUT2D eigenvalue weighted by molar-refractivity contribution is 7.18. The molecule has 0 saturated carbocycles. The zero-order valence-electron chi connectivity index (χ0n) is 14.1. The molecule has 0 bridgehead atoms. The molecule has 128 valence electrons. The van der Waals surface area contributed by atoms with Crippen LogP contribution in [0.5, 0.6) is 0 Å². The molecule has 0 radical (unpaired) electrons. The Hall–Kier alpha value is -2.54. The van der Waals surface area contributed by atoms with Crippen molar-refractivity contribution in [2.45, 2.75) is 13.3 Å². The van der Waals surface area contributed by atoms with Gasteiger partial charge >= 0.3 is 0 Å². The van der Waals surface area contributed by atoms with Crippen molar-refractivity contribution in [3.8, 4) is 0 Å². The first-order valence-corrected chi connectivity index (χ1v) is 9.25. The molecule has 4 rings (SSSR count). The molecular weight excluding hydrogens is 334 g/mol. The predicted molar refractivity (Wildman–Crippen MR) is 99.1 cm³/mol. The molecule has 1 saturated heterocycles. The van der Waals surface area contributed by atoms with Gasteiger partial charge in [-0.2, -0.15) is 0 Å². The smallest absolute Gasteiger partial charge is 0.254 e. The molecule has 6 nitrogen and oxygen atoms in total. The van der Waals surface area contributed by atoms with Crippen molar-refractivity contribution in [1.29, 1.82) is 0 Å². The molecule has 7 heteroatoms. The summed E-state index contributed by atoms with van der Waals surface area (Å²) in [6.07, 6.45) is 5.89. The first-order valence-electron chi connectivity index (χ1n) is 8.37. The summed E-state index contributed by atoms with van der Waals surface area (Å²) in [5.41, 5.74) is 2.92. The Labute approximate surface area is 150 Å². The van der Waals surface area contributed by atoms with E-state index in [-0.39, 0.29) is 5.91 Å². The third-order valence-corrected chi connectivity index (χ3v) is 5.61. The quantitative estimate of drug-likeness (QED) is 0.709. The highest BCUT2D eigenvalue weighted by Gasteiger charge is 2.22. The topological polar surface area (TPSA) is 62.2 Å². The van der Waals surface area contributed by atoms with Gasteiger partial charge in [-0.3, -0.25) is 9.78 Å². The van der Waals surface area contributed by atoms with Crippen LogP contribution in [0.15, 0.2) is 36.2 Å². The summed E-state index contributed by atoms with van der Waals surface area (Å²) < 4.78 is 1.13. The van der Waals surface area contributed by atoms with Crippen molar-refractivity contribution in [3.05, 3.63) is 47.4 Å². The number of aromatic nitrogens is 3. The van der Waals surface area contributed by atoms with E-state index in [0.29, 0.717) is 12.1 Å². The molecule has 1 fully saturated rings. The Bertz CT molecular complexity index is 895. The third-order valence-electron chi connectivity index (χ3n) is 4.52. The number of hydrogen-bond acceptors (Lipinski definition) is 6. The molecule has 1 aliphatic rings. The van der Waals surface area contributed by atoms with Crippen LogP contribution >= 0.6 is 11.3 Å². The van der Waals surface area contributed by atoms with Crippen LogP contribution in [0.1, 0.15) is 22.3 Å². The van der Waals surface area contributed by atoms with E-state index < -0.39 is 0 Å². The maximum atomic E-state index is 12.7. The van der Waals surface area contributed by atoms with Crippen molar-refractivity contribution < 1.29 is 4.79 Å². The minimum absolute atomic E-state index is 0.0732. The predicted octanol–water partition coefficient (Wildman–Crippen LogP) is 2.75. The molecule has 3 aromatic heterocycles. The van der Waals surface area contributed by atoms with E-state index in [1.54, 1.807) is 42.2 Å². The molecule has 0 N–H and O–H groups in total. The van der Waals surface area contributed by atoms with Gasteiger partial charge in [0.2, 0.25) is 0 Å². The zero-order valence-corrected chi connectivity index (χ0v) is 14.9. The molecule has 0 aliphatic carbocycles. The Kier molecular flexibility index (Phi) is 4.31. The lowest BCUT2D eigenvalue weighted by Crippen LogP contribution is -2.35. The summed E-state index contributed by atoms with van der Waals surface area (Å²) in [6, 6.07) is 3.54. The molecule has 0 aromatic carbocycles. The monoisotopic (exact) mass is 353 g/mol. The summed E-state index contributed by atoms with van der Waals surface area (Å²) in [5.74, 6) is 1.06. The largest absolute Gasteiger partial charge is 0.353 e. The maximum absolute atomic E-state index is 12.7. The third kappa shape index (κ3) is 3.07. The minimum atomic E-state index is 0.0732. The molecule has 1 amide bonds. The van der Waals surface area contributed by atoms with Crippen LogP contribution in [0, 0.1) is 6.92 Å². The summed E-state index contributed by atoms with van der Waals surface area (Å²) in [4.78, 5) is 29.8. The highest BCUT2D eigenvalue weighted by atomic mass is 32.1. The van der Waals surface area contributed by atoms with Gasteiger partial charge in [0.05, 0.1) is 10.2 Å². The van der Waals surface area contributed by atoms with Crippen molar-refractivity contribution in [2.75, 3.05) is 31.1 Å². The Morgan fingerprint density at radius 2 is 1.96 bits per heavy atom. The van der Waals surface area contributed by atoms with Gasteiger partial charge in [-0.1, -0.05) is 0 Å². The molecule has 25 heavy (non-hydrogen) atoms. The van der Waals surface area contributed by atoms with Crippen LogP contribution < -0.4 is 4.90 Å². The first kappa shape index (κ1) is 16.0. The summed E-state index contributed by atoms with van der Waals surface area (Å²) in [6.45, 7) is 5.20. The van der Waals surface area contributed by atoms with Crippen LogP contribution in [0.3, 0.4) is 0 Å². The standard InChI is InChI=1S/C18H19N5OS/c1-13-11-25-16-15(13)20-12-21-17(16)22-7-2-8-23(10-9-22)18(24)14-3-5-19-6-4-14/h3-6,11-12H,2,7-10H2,1H3. The second kappa shape index (κ2) is 6.76. The maximum Gasteiger partial charge on any atom is 0.254 e. The fraction of sp³-hybridized carbons (Fsp3) is 0.333. The first-order chi connectivity index (χ1) is 12.2. The molecule has 0 spiro atoms. The van der Waals surface area contributed by atoms with E-state index in [9.17, 15) is 4.79 Å². The van der Waals surface area contributed by atoms with Crippen molar-refractivity contribution in [3.63, 3.8) is 0 Å². The molecule has 4 heterocycles. The fourth-order valence-electron chi connectivity index (χ4n) is 3.19. The number of aryl methyl sites for hydroxylation is 1. The van der Waals surface area contributed by atoms with Gasteiger partial charge in [-0.15, -0.1) is 11.3 Å². The number of anilines is 1. The van der Waals surface area contributed by atoms with Crippen molar-refractivity contribution in [2.24, 2.45) is 0 Å². The average molecular weight is 353 g/mol. The molecule has 3 aromatic rings. The van der Waals surface area contributed by atoms with E-state index >= 15 is 0 Å². The van der Waals surface area contributed by atoms with Gasteiger partial charge in [0.1, 0.15) is 12.1 Å². The van der Waals surface area contributed by atoms with Crippen molar-refractivity contribution in [1.82, 2.24) is 19.9 Å². The second-order valence-electron chi connectivity index (χ2n) is 6.16. The molecule has 0 atom stereocenters. The summed E-state index contributed by atoms with van der Waals surface area (Å²) in [5, 5.41) is 2.12. The summed E-state index contributed by atoms with van der Waals surface area (Å²) in [7, 11) is 0. The SMILES string of the molecule is Cc1csc2c(N3CCCN(C(=O)c4ccncc4)CC3)ncnc12. The van der Waals surface area contributed by atoms with Gasteiger partial charge < -0.3 is 9.80 Å². The van der Waals surface area contributed by atoms with E-state index in [0.717, 1.165) is 42.1 Å². The fourth-order valence-corrected chi connectivity index (χ4v) is 4.21. The average Bonchev–Trinajstić information content (AvgIpc) is 2.89. The Morgan fingerprint density at radius 1 is 1.12 bits per heavy atom. The van der Waals surface area contributed by atoms with Crippen molar-refractivity contribution >= 4 is 33.3 Å². The zero-order chi connectivity index (χ0) is 17.2. The van der Waals surface area contributed by atoms with Crippen LogP contribution in [0.2, 0.25) is 0 Å². The van der Waals surface area contributed by atoms with Crippen LogP contribution in [0.4, 0.5) is 5.82 Å². The molecule has 1 aliphatic heterocycles. The number of carbonyl (C=O) groups excluding carboxylic acids is 1. The van der Waals surface area contributed by atoms with Crippen LogP contribution in [-0.2, 0) is 0 Å². The Morgan fingerprint density at radius 3 is 2.80 bits per heavy atom. The van der Waals surface area contributed by atoms with Crippen LogP contribution in [0.25, 0.3) is 10.2 Å². The second-order valence-corrected chi connectivity index (χ2v) is 7.04. The number of thiophene rings is 1. The Balaban J connectivity index is 1.54. The van der Waals surface area contributed by atoms with E-state index in [4.69, 9.17) is 0 Å². The highest BCUT2D eigenvalue weighted by Crippen LogP contribution is 2.31. The number of nitrogens with zero attached hydrogens (tertiary/aromatic N) is 5. The van der Waals surface area contributed by atoms with Gasteiger partial charge in [-0.25, -0.2) is 9.97 Å². The molecule has 0 unspecified atom stereocenters. The van der Waals surface area contributed by atoms with E-state index in [1.165, 1.54) is 5.56 Å². The van der Waals surface area contributed by atoms with Crippen LogP contribution in [-0.4, -0.2) is 51.9 Å². The van der Waals surface area contributed by atoms with Gasteiger partial charge in [0, 0.05) is 44.1 Å². The summed E-state index contributed by atoms with van der Waals surface area (Å²) >= 11 is 1.69. The number of hydrogen-bond donors (Lipinski definition) is 0. The number of amides is 1.